The summed E-state index contributed by atoms with van der Waals surface area (Å²) >= 11 is 0. The smallest absolute Gasteiger partial charge is 0.0862 e. The van der Waals surface area contributed by atoms with Crippen molar-refractivity contribution in [2.75, 3.05) is 19.8 Å². The molecular formula is C8H14O2. The average Bonchev–Trinajstić information content (AvgIpc) is 2.44. The van der Waals surface area contributed by atoms with Crippen LogP contribution in [0.2, 0.25) is 0 Å². The maximum Gasteiger partial charge on any atom is 0.0862 e. The van der Waals surface area contributed by atoms with Crippen LogP contribution in [-0.4, -0.2) is 25.9 Å². The SMILES string of the molecule is CCC1COC2COCC12. The Kier molecular flexibility index (Phi) is 1.66. The summed E-state index contributed by atoms with van der Waals surface area (Å²) in [5.41, 5.74) is 0. The van der Waals surface area contributed by atoms with E-state index in [1.165, 1.54) is 6.42 Å². The molecule has 3 unspecified atom stereocenters. The maximum absolute atomic E-state index is 5.56. The second-order valence-corrected chi connectivity index (χ2v) is 3.24. The van der Waals surface area contributed by atoms with Gasteiger partial charge in [0.05, 0.1) is 25.9 Å². The van der Waals surface area contributed by atoms with Gasteiger partial charge < -0.3 is 9.47 Å². The van der Waals surface area contributed by atoms with Gasteiger partial charge in [0.2, 0.25) is 0 Å². The first-order valence-electron chi connectivity index (χ1n) is 4.11. The summed E-state index contributed by atoms with van der Waals surface area (Å²) < 4.78 is 10.9. The Balaban J connectivity index is 2.01. The summed E-state index contributed by atoms with van der Waals surface area (Å²) in [5, 5.41) is 0. The fraction of sp³-hybridized carbons (Fsp3) is 1.00. The van der Waals surface area contributed by atoms with Crippen molar-refractivity contribution in [1.29, 1.82) is 0 Å². The van der Waals surface area contributed by atoms with E-state index >= 15 is 0 Å². The van der Waals surface area contributed by atoms with Gasteiger partial charge in [-0.05, 0) is 5.92 Å². The molecule has 0 aromatic heterocycles. The minimum Gasteiger partial charge on any atom is -0.378 e. The summed E-state index contributed by atoms with van der Waals surface area (Å²) in [5.74, 6) is 1.48. The van der Waals surface area contributed by atoms with Crippen LogP contribution in [0.25, 0.3) is 0 Å². The Morgan fingerprint density at radius 2 is 2.20 bits per heavy atom. The Morgan fingerprint density at radius 3 is 3.00 bits per heavy atom. The summed E-state index contributed by atoms with van der Waals surface area (Å²) in [6.45, 7) is 4.97. The van der Waals surface area contributed by atoms with Crippen molar-refractivity contribution in [3.05, 3.63) is 0 Å². The Hall–Kier alpha value is -0.0800. The van der Waals surface area contributed by atoms with Crippen LogP contribution in [0.3, 0.4) is 0 Å². The summed E-state index contributed by atoms with van der Waals surface area (Å²) in [7, 11) is 0. The molecule has 3 atom stereocenters. The van der Waals surface area contributed by atoms with Crippen LogP contribution in [0.5, 0.6) is 0 Å². The van der Waals surface area contributed by atoms with Gasteiger partial charge in [-0.3, -0.25) is 0 Å². The lowest BCUT2D eigenvalue weighted by Gasteiger charge is -2.10. The quantitative estimate of drug-likeness (QED) is 0.545. The van der Waals surface area contributed by atoms with Gasteiger partial charge in [0.1, 0.15) is 0 Å². The fourth-order valence-electron chi connectivity index (χ4n) is 1.95. The highest BCUT2D eigenvalue weighted by Crippen LogP contribution is 2.33. The number of ether oxygens (including phenoxy) is 2. The third-order valence-corrected chi connectivity index (χ3v) is 2.72. The minimum atomic E-state index is 0.435. The first kappa shape index (κ1) is 6.62. The Bertz CT molecular complexity index is 124. The third kappa shape index (κ3) is 0.867. The van der Waals surface area contributed by atoms with E-state index in [2.05, 4.69) is 6.92 Å². The highest BCUT2D eigenvalue weighted by molar-refractivity contribution is 4.86. The van der Waals surface area contributed by atoms with Gasteiger partial charge >= 0.3 is 0 Å². The predicted molar refractivity (Wildman–Crippen MR) is 37.8 cm³/mol. The van der Waals surface area contributed by atoms with Gasteiger partial charge in [0.15, 0.2) is 0 Å². The zero-order valence-electron chi connectivity index (χ0n) is 6.38. The molecule has 0 N–H and O–H groups in total. The van der Waals surface area contributed by atoms with Crippen molar-refractivity contribution >= 4 is 0 Å². The lowest BCUT2D eigenvalue weighted by Crippen LogP contribution is -2.17. The fourth-order valence-corrected chi connectivity index (χ4v) is 1.95. The molecular weight excluding hydrogens is 128 g/mol. The average molecular weight is 142 g/mol. The number of rotatable bonds is 1. The Labute approximate surface area is 61.5 Å². The van der Waals surface area contributed by atoms with E-state index in [-0.39, 0.29) is 0 Å². The standard InChI is InChI=1S/C8H14O2/c1-2-6-3-10-8-5-9-4-7(6)8/h6-8H,2-5H2,1H3. The molecule has 0 aliphatic carbocycles. The third-order valence-electron chi connectivity index (χ3n) is 2.72. The molecule has 0 spiro atoms. The van der Waals surface area contributed by atoms with Crippen molar-refractivity contribution in [2.45, 2.75) is 19.4 Å². The van der Waals surface area contributed by atoms with E-state index in [9.17, 15) is 0 Å². The molecule has 0 aromatic carbocycles. The van der Waals surface area contributed by atoms with Crippen LogP contribution in [0.4, 0.5) is 0 Å². The molecule has 2 heteroatoms. The minimum absolute atomic E-state index is 0.435. The monoisotopic (exact) mass is 142 g/mol. The van der Waals surface area contributed by atoms with Gasteiger partial charge in [-0.25, -0.2) is 0 Å². The van der Waals surface area contributed by atoms with Gasteiger partial charge in [0.25, 0.3) is 0 Å². The molecule has 0 saturated carbocycles. The summed E-state index contributed by atoms with van der Waals surface area (Å²) in [6, 6.07) is 0. The van der Waals surface area contributed by atoms with Crippen molar-refractivity contribution < 1.29 is 9.47 Å². The van der Waals surface area contributed by atoms with E-state index in [0.717, 1.165) is 25.7 Å². The zero-order valence-corrected chi connectivity index (χ0v) is 6.38. The molecule has 2 aliphatic rings. The van der Waals surface area contributed by atoms with Crippen molar-refractivity contribution in [3.8, 4) is 0 Å². The molecule has 2 aliphatic heterocycles. The van der Waals surface area contributed by atoms with E-state index < -0.39 is 0 Å². The molecule has 2 fully saturated rings. The first-order chi connectivity index (χ1) is 4.92. The molecule has 0 aromatic rings. The van der Waals surface area contributed by atoms with Crippen molar-refractivity contribution in [3.63, 3.8) is 0 Å². The maximum atomic E-state index is 5.56. The topological polar surface area (TPSA) is 18.5 Å². The van der Waals surface area contributed by atoms with Crippen LogP contribution in [-0.2, 0) is 9.47 Å². The van der Waals surface area contributed by atoms with Crippen LogP contribution < -0.4 is 0 Å². The van der Waals surface area contributed by atoms with Crippen molar-refractivity contribution in [1.82, 2.24) is 0 Å². The molecule has 58 valence electrons. The van der Waals surface area contributed by atoms with Crippen molar-refractivity contribution in [2.24, 2.45) is 11.8 Å². The van der Waals surface area contributed by atoms with Gasteiger partial charge in [-0.2, -0.15) is 0 Å². The van der Waals surface area contributed by atoms with E-state index in [0.29, 0.717) is 12.0 Å². The second-order valence-electron chi connectivity index (χ2n) is 3.24. The van der Waals surface area contributed by atoms with Crippen LogP contribution in [0.1, 0.15) is 13.3 Å². The lowest BCUT2D eigenvalue weighted by atomic mass is 9.91. The highest BCUT2D eigenvalue weighted by atomic mass is 16.6. The van der Waals surface area contributed by atoms with Crippen LogP contribution >= 0.6 is 0 Å². The second kappa shape index (κ2) is 2.51. The summed E-state index contributed by atoms with van der Waals surface area (Å²) in [6.07, 6.45) is 1.68. The molecule has 2 saturated heterocycles. The van der Waals surface area contributed by atoms with Gasteiger partial charge in [0, 0.05) is 5.92 Å². The van der Waals surface area contributed by atoms with Crippen LogP contribution in [0, 0.1) is 11.8 Å². The lowest BCUT2D eigenvalue weighted by molar-refractivity contribution is 0.0642. The molecule has 0 radical (unpaired) electrons. The predicted octanol–water partition coefficient (Wildman–Crippen LogP) is 1.06. The number of fused-ring (bicyclic) bond motifs is 1. The molecule has 2 nitrogen and oxygen atoms in total. The van der Waals surface area contributed by atoms with E-state index in [4.69, 9.17) is 9.47 Å². The Morgan fingerprint density at radius 1 is 1.30 bits per heavy atom. The van der Waals surface area contributed by atoms with E-state index in [1.54, 1.807) is 0 Å². The normalized spacial score (nSPS) is 45.9. The highest BCUT2D eigenvalue weighted by Gasteiger charge is 2.40. The largest absolute Gasteiger partial charge is 0.378 e. The molecule has 2 rings (SSSR count). The van der Waals surface area contributed by atoms with Gasteiger partial charge in [-0.15, -0.1) is 0 Å². The molecule has 0 amide bonds. The number of hydrogen-bond donors (Lipinski definition) is 0. The van der Waals surface area contributed by atoms with E-state index in [1.807, 2.05) is 0 Å². The molecule has 2 heterocycles. The first-order valence-corrected chi connectivity index (χ1v) is 4.11. The summed E-state index contributed by atoms with van der Waals surface area (Å²) in [4.78, 5) is 0. The molecule has 10 heavy (non-hydrogen) atoms. The van der Waals surface area contributed by atoms with Gasteiger partial charge in [-0.1, -0.05) is 13.3 Å². The zero-order chi connectivity index (χ0) is 6.97. The number of hydrogen-bond acceptors (Lipinski definition) is 2. The van der Waals surface area contributed by atoms with Crippen LogP contribution in [0.15, 0.2) is 0 Å². The molecule has 0 bridgehead atoms.